The first-order valence-corrected chi connectivity index (χ1v) is 8.58. The Kier molecular flexibility index (Phi) is 5.51. The summed E-state index contributed by atoms with van der Waals surface area (Å²) in [6.07, 6.45) is 6.42. The first-order chi connectivity index (χ1) is 11.2. The van der Waals surface area contributed by atoms with Gasteiger partial charge in [-0.2, -0.15) is 0 Å². The summed E-state index contributed by atoms with van der Waals surface area (Å²) in [6.45, 7) is 4.72. The van der Waals surface area contributed by atoms with Crippen LogP contribution in [0.15, 0.2) is 18.3 Å². The SMILES string of the molecule is COCCC1COC2(CCCN(Cc3cccnc3OC)C2)C1. The van der Waals surface area contributed by atoms with Gasteiger partial charge in [-0.1, -0.05) is 6.07 Å². The third kappa shape index (κ3) is 4.03. The predicted octanol–water partition coefficient (Wildman–Crippen LogP) is 2.50. The smallest absolute Gasteiger partial charge is 0.217 e. The van der Waals surface area contributed by atoms with E-state index in [0.717, 1.165) is 57.1 Å². The van der Waals surface area contributed by atoms with Gasteiger partial charge in [-0.25, -0.2) is 4.98 Å². The number of nitrogens with zero attached hydrogens (tertiary/aromatic N) is 2. The minimum atomic E-state index is 0.0477. The summed E-state index contributed by atoms with van der Waals surface area (Å²) in [6, 6.07) is 4.08. The number of piperidine rings is 1. The molecule has 3 rings (SSSR count). The summed E-state index contributed by atoms with van der Waals surface area (Å²) < 4.78 is 16.9. The molecule has 0 aliphatic carbocycles. The van der Waals surface area contributed by atoms with Gasteiger partial charge in [0.05, 0.1) is 19.3 Å². The van der Waals surface area contributed by atoms with Crippen LogP contribution in [0.5, 0.6) is 5.88 Å². The van der Waals surface area contributed by atoms with Gasteiger partial charge in [0.1, 0.15) is 0 Å². The average Bonchev–Trinajstić information content (AvgIpc) is 2.96. The molecule has 2 aliphatic rings. The van der Waals surface area contributed by atoms with Crippen molar-refractivity contribution in [2.75, 3.05) is 40.5 Å². The standard InChI is InChI=1S/C18H28N2O3/c1-21-10-6-15-11-18(23-13-15)7-4-9-20(14-18)12-16-5-3-8-19-17(16)22-2/h3,5,8,15H,4,6-7,9-14H2,1-2H3. The first-order valence-electron chi connectivity index (χ1n) is 8.58. The van der Waals surface area contributed by atoms with Gasteiger partial charge >= 0.3 is 0 Å². The largest absolute Gasteiger partial charge is 0.481 e. The summed E-state index contributed by atoms with van der Waals surface area (Å²) in [5, 5.41) is 0. The number of rotatable bonds is 6. The van der Waals surface area contributed by atoms with Gasteiger partial charge in [0, 0.05) is 38.6 Å². The van der Waals surface area contributed by atoms with E-state index in [4.69, 9.17) is 14.2 Å². The minimum Gasteiger partial charge on any atom is -0.481 e. The zero-order valence-electron chi connectivity index (χ0n) is 14.3. The molecular formula is C18H28N2O3. The molecule has 0 saturated carbocycles. The Morgan fingerprint density at radius 1 is 1.43 bits per heavy atom. The van der Waals surface area contributed by atoms with Crippen molar-refractivity contribution in [2.24, 2.45) is 5.92 Å². The second-order valence-corrected chi connectivity index (χ2v) is 6.83. The van der Waals surface area contributed by atoms with E-state index < -0.39 is 0 Å². The zero-order valence-corrected chi connectivity index (χ0v) is 14.3. The molecule has 2 atom stereocenters. The quantitative estimate of drug-likeness (QED) is 0.806. The molecule has 3 heterocycles. The number of aromatic nitrogens is 1. The van der Waals surface area contributed by atoms with Crippen molar-refractivity contribution in [3.05, 3.63) is 23.9 Å². The lowest BCUT2D eigenvalue weighted by Gasteiger charge is -2.40. The van der Waals surface area contributed by atoms with E-state index in [-0.39, 0.29) is 5.60 Å². The molecule has 0 amide bonds. The van der Waals surface area contributed by atoms with Crippen LogP contribution in [0, 0.1) is 5.92 Å². The van der Waals surface area contributed by atoms with Gasteiger partial charge in [-0.05, 0) is 44.2 Å². The van der Waals surface area contributed by atoms with Crippen LogP contribution in [0.3, 0.4) is 0 Å². The molecule has 2 unspecified atom stereocenters. The van der Waals surface area contributed by atoms with Gasteiger partial charge in [0.25, 0.3) is 0 Å². The zero-order chi connectivity index (χ0) is 16.1. The maximum Gasteiger partial charge on any atom is 0.217 e. The summed E-state index contributed by atoms with van der Waals surface area (Å²) in [7, 11) is 3.46. The summed E-state index contributed by atoms with van der Waals surface area (Å²) in [5.41, 5.74) is 1.20. The molecule has 1 aromatic heterocycles. The van der Waals surface area contributed by atoms with Gasteiger partial charge in [-0.15, -0.1) is 0 Å². The van der Waals surface area contributed by atoms with Crippen LogP contribution in [0.2, 0.25) is 0 Å². The summed E-state index contributed by atoms with van der Waals surface area (Å²) in [5.74, 6) is 1.38. The van der Waals surface area contributed by atoms with E-state index in [1.165, 1.54) is 12.8 Å². The van der Waals surface area contributed by atoms with Crippen molar-refractivity contribution < 1.29 is 14.2 Å². The number of hydrogen-bond acceptors (Lipinski definition) is 5. The van der Waals surface area contributed by atoms with Gasteiger partial charge < -0.3 is 14.2 Å². The Hall–Kier alpha value is -1.17. The Labute approximate surface area is 138 Å². The molecule has 0 bridgehead atoms. The van der Waals surface area contributed by atoms with Crippen molar-refractivity contribution in [1.82, 2.24) is 9.88 Å². The van der Waals surface area contributed by atoms with Crippen LogP contribution in [-0.2, 0) is 16.0 Å². The maximum absolute atomic E-state index is 6.27. The van der Waals surface area contributed by atoms with Crippen LogP contribution in [0.4, 0.5) is 0 Å². The normalized spacial score (nSPS) is 28.3. The highest BCUT2D eigenvalue weighted by molar-refractivity contribution is 5.25. The van der Waals surface area contributed by atoms with Gasteiger partial charge in [0.2, 0.25) is 5.88 Å². The molecule has 2 fully saturated rings. The monoisotopic (exact) mass is 320 g/mol. The molecule has 5 nitrogen and oxygen atoms in total. The van der Waals surface area contributed by atoms with Crippen LogP contribution >= 0.6 is 0 Å². The van der Waals surface area contributed by atoms with Crippen LogP contribution in [0.25, 0.3) is 0 Å². The lowest BCUT2D eigenvalue weighted by Crippen LogP contribution is -2.47. The lowest BCUT2D eigenvalue weighted by molar-refractivity contribution is -0.0537. The van der Waals surface area contributed by atoms with Crippen LogP contribution in [0.1, 0.15) is 31.2 Å². The number of pyridine rings is 1. The Morgan fingerprint density at radius 3 is 3.17 bits per heavy atom. The fourth-order valence-corrected chi connectivity index (χ4v) is 3.99. The van der Waals surface area contributed by atoms with E-state index >= 15 is 0 Å². The molecule has 1 aromatic rings. The van der Waals surface area contributed by atoms with E-state index in [1.807, 2.05) is 6.07 Å². The van der Waals surface area contributed by atoms with Crippen molar-refractivity contribution in [1.29, 1.82) is 0 Å². The van der Waals surface area contributed by atoms with Crippen molar-refractivity contribution >= 4 is 0 Å². The molecule has 1 spiro atoms. The number of ether oxygens (including phenoxy) is 3. The number of methoxy groups -OCH3 is 2. The molecular weight excluding hydrogens is 292 g/mol. The molecule has 2 aliphatic heterocycles. The lowest BCUT2D eigenvalue weighted by atomic mass is 9.85. The van der Waals surface area contributed by atoms with E-state index in [2.05, 4.69) is 16.0 Å². The number of hydrogen-bond donors (Lipinski definition) is 0. The molecule has 0 aromatic carbocycles. The molecule has 128 valence electrons. The van der Waals surface area contributed by atoms with E-state index in [9.17, 15) is 0 Å². The van der Waals surface area contributed by atoms with Crippen LogP contribution in [-0.4, -0.2) is 56.0 Å². The second kappa shape index (κ2) is 7.60. The highest BCUT2D eigenvalue weighted by Gasteiger charge is 2.43. The third-order valence-electron chi connectivity index (χ3n) is 5.07. The average molecular weight is 320 g/mol. The Balaban J connectivity index is 1.60. The van der Waals surface area contributed by atoms with Crippen molar-refractivity contribution in [3.8, 4) is 5.88 Å². The molecule has 0 N–H and O–H groups in total. The number of likely N-dealkylation sites (tertiary alicyclic amines) is 1. The van der Waals surface area contributed by atoms with Gasteiger partial charge in [0.15, 0.2) is 0 Å². The highest BCUT2D eigenvalue weighted by atomic mass is 16.5. The van der Waals surface area contributed by atoms with Crippen molar-refractivity contribution in [3.63, 3.8) is 0 Å². The predicted molar refractivity (Wildman–Crippen MR) is 88.6 cm³/mol. The minimum absolute atomic E-state index is 0.0477. The third-order valence-corrected chi connectivity index (χ3v) is 5.07. The Morgan fingerprint density at radius 2 is 2.35 bits per heavy atom. The topological polar surface area (TPSA) is 43.8 Å². The Bertz CT molecular complexity index is 511. The molecule has 5 heteroatoms. The highest BCUT2D eigenvalue weighted by Crippen LogP contribution is 2.39. The van der Waals surface area contributed by atoms with Crippen molar-refractivity contribution in [2.45, 2.75) is 37.8 Å². The summed E-state index contributed by atoms with van der Waals surface area (Å²) in [4.78, 5) is 6.79. The maximum atomic E-state index is 6.27. The molecule has 0 radical (unpaired) electrons. The molecule has 2 saturated heterocycles. The fourth-order valence-electron chi connectivity index (χ4n) is 3.99. The van der Waals surface area contributed by atoms with Crippen LogP contribution < -0.4 is 4.74 Å². The fraction of sp³-hybridized carbons (Fsp3) is 0.722. The van der Waals surface area contributed by atoms with Gasteiger partial charge in [-0.3, -0.25) is 4.90 Å². The second-order valence-electron chi connectivity index (χ2n) is 6.83. The van der Waals surface area contributed by atoms with E-state index in [0.29, 0.717) is 5.92 Å². The van der Waals surface area contributed by atoms with E-state index in [1.54, 1.807) is 20.4 Å². The first kappa shape index (κ1) is 16.7. The summed E-state index contributed by atoms with van der Waals surface area (Å²) >= 11 is 0. The molecule has 23 heavy (non-hydrogen) atoms.